The number of anilines is 2. The van der Waals surface area contributed by atoms with Gasteiger partial charge in [-0.05, 0) is 35.4 Å². The Balaban J connectivity index is 1.77. The van der Waals surface area contributed by atoms with Gasteiger partial charge in [0.1, 0.15) is 0 Å². The summed E-state index contributed by atoms with van der Waals surface area (Å²) in [5.41, 5.74) is 3.13. The van der Waals surface area contributed by atoms with Crippen molar-refractivity contribution in [1.29, 1.82) is 0 Å². The van der Waals surface area contributed by atoms with Crippen LogP contribution in [0, 0.1) is 0 Å². The van der Waals surface area contributed by atoms with Gasteiger partial charge in [-0.1, -0.05) is 30.3 Å². The Morgan fingerprint density at radius 3 is 2.37 bits per heavy atom. The third kappa shape index (κ3) is 4.41. The molecule has 2 N–H and O–H groups in total. The molecule has 0 spiro atoms. The van der Waals surface area contributed by atoms with E-state index < -0.39 is 0 Å². The summed E-state index contributed by atoms with van der Waals surface area (Å²) in [5, 5.41) is 5.52. The predicted molar refractivity (Wildman–Crippen MR) is 105 cm³/mol. The Morgan fingerprint density at radius 1 is 0.963 bits per heavy atom. The van der Waals surface area contributed by atoms with E-state index in [0.29, 0.717) is 11.4 Å². The van der Waals surface area contributed by atoms with Crippen LogP contribution in [0.1, 0.15) is 37.4 Å². The van der Waals surface area contributed by atoms with Crippen molar-refractivity contribution in [2.45, 2.75) is 26.3 Å². The number of carbonyl (C=O) groups is 3. The molecule has 6 heteroatoms. The van der Waals surface area contributed by atoms with Gasteiger partial charge in [-0.15, -0.1) is 0 Å². The molecule has 2 aromatic rings. The molecule has 1 aliphatic rings. The second-order valence-electron chi connectivity index (χ2n) is 6.40. The van der Waals surface area contributed by atoms with Crippen molar-refractivity contribution in [3.8, 4) is 0 Å². The monoisotopic (exact) mass is 363 g/mol. The topological polar surface area (TPSA) is 78.5 Å². The number of rotatable bonds is 4. The van der Waals surface area contributed by atoms with Crippen molar-refractivity contribution in [3.05, 3.63) is 65.9 Å². The minimum atomic E-state index is -0.359. The Bertz CT molecular complexity index is 920. The van der Waals surface area contributed by atoms with Crippen molar-refractivity contribution >= 4 is 35.2 Å². The lowest BCUT2D eigenvalue weighted by Crippen LogP contribution is -2.33. The van der Waals surface area contributed by atoms with E-state index in [4.69, 9.17) is 0 Å². The van der Waals surface area contributed by atoms with E-state index in [2.05, 4.69) is 10.6 Å². The van der Waals surface area contributed by atoms with Gasteiger partial charge >= 0.3 is 0 Å². The number of carbonyl (C=O) groups excluding carboxylic acids is 3. The maximum atomic E-state index is 12.6. The first-order valence-electron chi connectivity index (χ1n) is 8.67. The maximum Gasteiger partial charge on any atom is 0.226 e. The highest BCUT2D eigenvalue weighted by atomic mass is 16.2. The standard InChI is InChI=1S/C21H21N3O3/c1-14(25)22-17-7-5-8-18(12-17)23-21(27)13-20-19-9-4-3-6-16(19)10-11-24(20)15(2)26/h3-12,20H,13H2,1-2H3,(H,22,25)(H,23,27)/t20-/m0/s1. The number of nitrogens with one attached hydrogen (secondary N) is 2. The molecular weight excluding hydrogens is 342 g/mol. The zero-order chi connectivity index (χ0) is 19.4. The number of amides is 3. The maximum absolute atomic E-state index is 12.6. The molecule has 3 amide bonds. The molecule has 27 heavy (non-hydrogen) atoms. The van der Waals surface area contributed by atoms with Gasteiger partial charge in [-0.3, -0.25) is 14.4 Å². The summed E-state index contributed by atoms with van der Waals surface area (Å²) in [4.78, 5) is 37.4. The summed E-state index contributed by atoms with van der Waals surface area (Å²) in [6, 6.07) is 14.3. The van der Waals surface area contributed by atoms with Gasteiger partial charge < -0.3 is 15.5 Å². The van der Waals surface area contributed by atoms with E-state index in [1.54, 1.807) is 35.4 Å². The molecule has 138 valence electrons. The minimum absolute atomic E-state index is 0.119. The van der Waals surface area contributed by atoms with Crippen LogP contribution in [-0.4, -0.2) is 22.6 Å². The van der Waals surface area contributed by atoms with Crippen molar-refractivity contribution < 1.29 is 14.4 Å². The summed E-state index contributed by atoms with van der Waals surface area (Å²) >= 11 is 0. The van der Waals surface area contributed by atoms with Crippen LogP contribution < -0.4 is 10.6 Å². The quantitative estimate of drug-likeness (QED) is 0.872. The fourth-order valence-electron chi connectivity index (χ4n) is 3.18. The van der Waals surface area contributed by atoms with Gasteiger partial charge in [-0.2, -0.15) is 0 Å². The second-order valence-corrected chi connectivity index (χ2v) is 6.40. The van der Waals surface area contributed by atoms with E-state index in [1.165, 1.54) is 13.8 Å². The first-order chi connectivity index (χ1) is 12.9. The predicted octanol–water partition coefficient (Wildman–Crippen LogP) is 3.55. The van der Waals surface area contributed by atoms with E-state index in [9.17, 15) is 14.4 Å². The summed E-state index contributed by atoms with van der Waals surface area (Å²) in [6.07, 6.45) is 3.73. The Hall–Kier alpha value is -3.41. The molecule has 1 aliphatic heterocycles. The first kappa shape index (κ1) is 18.4. The fraction of sp³-hybridized carbons (Fsp3) is 0.190. The zero-order valence-corrected chi connectivity index (χ0v) is 15.2. The molecule has 3 rings (SSSR count). The fourth-order valence-corrected chi connectivity index (χ4v) is 3.18. The average molecular weight is 363 g/mol. The van der Waals surface area contributed by atoms with Gasteiger partial charge in [0.25, 0.3) is 0 Å². The summed E-state index contributed by atoms with van der Waals surface area (Å²) in [6.45, 7) is 2.91. The van der Waals surface area contributed by atoms with Crippen LogP contribution in [-0.2, 0) is 14.4 Å². The third-order valence-electron chi connectivity index (χ3n) is 4.31. The van der Waals surface area contributed by atoms with Crippen molar-refractivity contribution in [2.24, 2.45) is 0 Å². The molecule has 0 fully saturated rings. The van der Waals surface area contributed by atoms with Gasteiger partial charge in [0.05, 0.1) is 12.5 Å². The van der Waals surface area contributed by atoms with E-state index in [-0.39, 0.29) is 30.2 Å². The van der Waals surface area contributed by atoms with Crippen LogP contribution in [0.5, 0.6) is 0 Å². The van der Waals surface area contributed by atoms with Crippen LogP contribution in [0.25, 0.3) is 6.08 Å². The SMILES string of the molecule is CC(=O)Nc1cccc(NC(=O)C[C@H]2c3ccccc3C=CN2C(C)=O)c1. The van der Waals surface area contributed by atoms with Crippen LogP contribution in [0.3, 0.4) is 0 Å². The number of fused-ring (bicyclic) bond motifs is 1. The van der Waals surface area contributed by atoms with Crippen LogP contribution in [0.4, 0.5) is 11.4 Å². The largest absolute Gasteiger partial charge is 0.326 e. The van der Waals surface area contributed by atoms with Crippen molar-refractivity contribution in [1.82, 2.24) is 4.90 Å². The van der Waals surface area contributed by atoms with Crippen LogP contribution in [0.15, 0.2) is 54.7 Å². The number of hydrogen-bond acceptors (Lipinski definition) is 3. The number of nitrogens with zero attached hydrogens (tertiary/aromatic N) is 1. The molecule has 0 saturated carbocycles. The molecule has 0 radical (unpaired) electrons. The Labute approximate surface area is 157 Å². The summed E-state index contributed by atoms with van der Waals surface area (Å²) in [7, 11) is 0. The zero-order valence-electron chi connectivity index (χ0n) is 15.2. The molecule has 0 bridgehead atoms. The molecular formula is C21H21N3O3. The highest BCUT2D eigenvalue weighted by molar-refractivity contribution is 5.94. The van der Waals surface area contributed by atoms with Crippen molar-refractivity contribution in [3.63, 3.8) is 0 Å². The lowest BCUT2D eigenvalue weighted by molar-refractivity contribution is -0.129. The summed E-state index contributed by atoms with van der Waals surface area (Å²) < 4.78 is 0. The second kappa shape index (κ2) is 7.86. The van der Waals surface area contributed by atoms with Crippen molar-refractivity contribution in [2.75, 3.05) is 10.6 Å². The Morgan fingerprint density at radius 2 is 1.67 bits per heavy atom. The minimum Gasteiger partial charge on any atom is -0.326 e. The summed E-state index contributed by atoms with van der Waals surface area (Å²) in [5.74, 6) is -0.510. The number of benzene rings is 2. The molecule has 1 atom stereocenters. The highest BCUT2D eigenvalue weighted by Crippen LogP contribution is 2.33. The van der Waals surface area contributed by atoms with E-state index >= 15 is 0 Å². The molecule has 0 aliphatic carbocycles. The van der Waals surface area contributed by atoms with Gasteiger partial charge in [0, 0.05) is 31.4 Å². The molecule has 6 nitrogen and oxygen atoms in total. The highest BCUT2D eigenvalue weighted by Gasteiger charge is 2.28. The molecule has 1 heterocycles. The molecule has 2 aromatic carbocycles. The third-order valence-corrected chi connectivity index (χ3v) is 4.31. The molecule has 0 aromatic heterocycles. The lowest BCUT2D eigenvalue weighted by Gasteiger charge is -2.32. The Kier molecular flexibility index (Phi) is 5.35. The number of hydrogen-bond donors (Lipinski definition) is 2. The van der Waals surface area contributed by atoms with E-state index in [1.807, 2.05) is 30.3 Å². The lowest BCUT2D eigenvalue weighted by atomic mass is 9.93. The molecule has 0 unspecified atom stereocenters. The van der Waals surface area contributed by atoms with Gasteiger partial charge in [0.2, 0.25) is 17.7 Å². The van der Waals surface area contributed by atoms with E-state index in [0.717, 1.165) is 11.1 Å². The van der Waals surface area contributed by atoms with Gasteiger partial charge in [0.15, 0.2) is 0 Å². The first-order valence-corrected chi connectivity index (χ1v) is 8.67. The smallest absolute Gasteiger partial charge is 0.226 e. The normalized spacial score (nSPS) is 15.0. The average Bonchev–Trinajstić information content (AvgIpc) is 2.61. The van der Waals surface area contributed by atoms with Gasteiger partial charge in [-0.25, -0.2) is 0 Å². The van der Waals surface area contributed by atoms with Crippen LogP contribution in [0.2, 0.25) is 0 Å². The van der Waals surface area contributed by atoms with Crippen LogP contribution >= 0.6 is 0 Å². The molecule has 0 saturated heterocycles.